The van der Waals surface area contributed by atoms with Crippen molar-refractivity contribution in [3.05, 3.63) is 53.4 Å². The molecule has 106 valence electrons. The molecule has 0 spiro atoms. The molecule has 0 amide bonds. The minimum Gasteiger partial charge on any atom is -0.264 e. The van der Waals surface area contributed by atoms with E-state index in [0.29, 0.717) is 5.56 Å². The van der Waals surface area contributed by atoms with E-state index < -0.39 is 11.9 Å². The second-order valence-corrected chi connectivity index (χ2v) is 4.73. The van der Waals surface area contributed by atoms with Gasteiger partial charge in [0.1, 0.15) is 0 Å². The van der Waals surface area contributed by atoms with Gasteiger partial charge in [-0.05, 0) is 30.3 Å². The molecule has 0 bridgehead atoms. The minimum atomic E-state index is -4.59. The molecule has 0 atom stereocenters. The van der Waals surface area contributed by atoms with Crippen molar-refractivity contribution in [2.75, 3.05) is 0 Å². The van der Waals surface area contributed by atoms with Crippen molar-refractivity contribution >= 4 is 22.5 Å². The number of hydrogen-bond donors (Lipinski definition) is 0. The van der Waals surface area contributed by atoms with E-state index in [1.165, 1.54) is 30.6 Å². The Morgan fingerprint density at radius 3 is 2.52 bits per heavy atom. The standard InChI is InChI=1S/C14H7ClF3N3/c15-9-3-4-11-10(6-9)12(14(16,17)18)21-13(20-11)8-2-1-5-19-7-8/h1-7H. The fraction of sp³-hybridized carbons (Fsp3) is 0.0714. The highest BCUT2D eigenvalue weighted by atomic mass is 35.5. The SMILES string of the molecule is FC(F)(F)c1nc(-c2cccnc2)nc2ccc(Cl)cc12. The van der Waals surface area contributed by atoms with Crippen LogP contribution in [-0.4, -0.2) is 15.0 Å². The van der Waals surface area contributed by atoms with Gasteiger partial charge in [0, 0.05) is 28.4 Å². The molecule has 3 nitrogen and oxygen atoms in total. The number of nitrogens with zero attached hydrogens (tertiary/aromatic N) is 3. The molecule has 1 aromatic carbocycles. The van der Waals surface area contributed by atoms with Crippen molar-refractivity contribution < 1.29 is 13.2 Å². The van der Waals surface area contributed by atoms with E-state index in [1.807, 2.05) is 0 Å². The number of hydrogen-bond acceptors (Lipinski definition) is 3. The Kier molecular flexibility index (Phi) is 3.25. The molecule has 0 unspecified atom stereocenters. The zero-order chi connectivity index (χ0) is 15.0. The molecular formula is C14H7ClF3N3. The molecule has 0 fully saturated rings. The van der Waals surface area contributed by atoms with Gasteiger partial charge in [0.25, 0.3) is 0 Å². The largest absolute Gasteiger partial charge is 0.434 e. The third-order valence-corrected chi connectivity index (χ3v) is 3.08. The van der Waals surface area contributed by atoms with Crippen molar-refractivity contribution in [1.82, 2.24) is 15.0 Å². The van der Waals surface area contributed by atoms with Crippen LogP contribution in [0.1, 0.15) is 5.69 Å². The van der Waals surface area contributed by atoms with Crippen molar-refractivity contribution in [3.63, 3.8) is 0 Å². The summed E-state index contributed by atoms with van der Waals surface area (Å²) in [5.74, 6) is -0.0229. The van der Waals surface area contributed by atoms with Crippen LogP contribution in [-0.2, 0) is 6.18 Å². The summed E-state index contributed by atoms with van der Waals surface area (Å²) in [6.07, 6.45) is -1.66. The first-order valence-electron chi connectivity index (χ1n) is 5.90. The number of halogens is 4. The molecule has 0 saturated carbocycles. The summed E-state index contributed by atoms with van der Waals surface area (Å²) in [6, 6.07) is 7.35. The fourth-order valence-electron chi connectivity index (χ4n) is 1.94. The maximum Gasteiger partial charge on any atom is 0.434 e. The van der Waals surface area contributed by atoms with Crippen LogP contribution in [0.3, 0.4) is 0 Å². The molecule has 0 aliphatic carbocycles. The Labute approximate surface area is 122 Å². The van der Waals surface area contributed by atoms with E-state index in [1.54, 1.807) is 12.1 Å². The van der Waals surface area contributed by atoms with Crippen LogP contribution in [0, 0.1) is 0 Å². The zero-order valence-corrected chi connectivity index (χ0v) is 11.2. The first kappa shape index (κ1) is 13.8. The Balaban J connectivity index is 2.33. The van der Waals surface area contributed by atoms with E-state index in [-0.39, 0.29) is 21.7 Å². The number of aromatic nitrogens is 3. The third kappa shape index (κ3) is 2.67. The summed E-state index contributed by atoms with van der Waals surface area (Å²) < 4.78 is 39.6. The van der Waals surface area contributed by atoms with E-state index in [9.17, 15) is 13.2 Å². The van der Waals surface area contributed by atoms with Crippen LogP contribution in [0.4, 0.5) is 13.2 Å². The molecule has 2 heterocycles. The molecule has 0 aliphatic heterocycles. The van der Waals surface area contributed by atoms with Gasteiger partial charge in [0.05, 0.1) is 5.52 Å². The highest BCUT2D eigenvalue weighted by Crippen LogP contribution is 2.35. The smallest absolute Gasteiger partial charge is 0.264 e. The molecule has 7 heteroatoms. The van der Waals surface area contributed by atoms with E-state index in [0.717, 1.165) is 0 Å². The zero-order valence-electron chi connectivity index (χ0n) is 10.4. The number of rotatable bonds is 1. The van der Waals surface area contributed by atoms with Gasteiger partial charge < -0.3 is 0 Å². The lowest BCUT2D eigenvalue weighted by atomic mass is 10.1. The van der Waals surface area contributed by atoms with Crippen LogP contribution in [0.15, 0.2) is 42.7 Å². The van der Waals surface area contributed by atoms with Gasteiger partial charge >= 0.3 is 6.18 Å². The fourth-order valence-corrected chi connectivity index (χ4v) is 2.11. The lowest BCUT2D eigenvalue weighted by Crippen LogP contribution is -2.10. The predicted molar refractivity (Wildman–Crippen MR) is 72.8 cm³/mol. The van der Waals surface area contributed by atoms with E-state index in [4.69, 9.17) is 11.6 Å². The van der Waals surface area contributed by atoms with Crippen LogP contribution in [0.5, 0.6) is 0 Å². The van der Waals surface area contributed by atoms with Crippen LogP contribution in [0.2, 0.25) is 5.02 Å². The number of benzene rings is 1. The molecule has 3 aromatic rings. The van der Waals surface area contributed by atoms with E-state index >= 15 is 0 Å². The van der Waals surface area contributed by atoms with Crippen LogP contribution in [0.25, 0.3) is 22.3 Å². The molecule has 0 N–H and O–H groups in total. The molecule has 0 aliphatic rings. The molecular weight excluding hydrogens is 303 g/mol. The second kappa shape index (κ2) is 4.96. The highest BCUT2D eigenvalue weighted by molar-refractivity contribution is 6.31. The van der Waals surface area contributed by atoms with Gasteiger partial charge in [0.2, 0.25) is 0 Å². The Bertz CT molecular complexity index is 804. The average Bonchev–Trinajstić information content (AvgIpc) is 2.46. The van der Waals surface area contributed by atoms with Crippen molar-refractivity contribution in [2.45, 2.75) is 6.18 Å². The lowest BCUT2D eigenvalue weighted by Gasteiger charge is -2.11. The Morgan fingerprint density at radius 1 is 1.05 bits per heavy atom. The number of pyridine rings is 1. The van der Waals surface area contributed by atoms with Crippen LogP contribution < -0.4 is 0 Å². The average molecular weight is 310 g/mol. The van der Waals surface area contributed by atoms with Gasteiger partial charge in [-0.1, -0.05) is 11.6 Å². The summed E-state index contributed by atoms with van der Waals surface area (Å²) in [7, 11) is 0. The quantitative estimate of drug-likeness (QED) is 0.670. The van der Waals surface area contributed by atoms with Gasteiger partial charge in [-0.3, -0.25) is 4.98 Å². The Morgan fingerprint density at radius 2 is 1.86 bits per heavy atom. The molecule has 0 saturated heterocycles. The van der Waals surface area contributed by atoms with E-state index in [2.05, 4.69) is 15.0 Å². The molecule has 2 aromatic heterocycles. The molecule has 21 heavy (non-hydrogen) atoms. The molecule has 0 radical (unpaired) electrons. The second-order valence-electron chi connectivity index (χ2n) is 4.30. The lowest BCUT2D eigenvalue weighted by molar-refractivity contribution is -0.139. The first-order valence-corrected chi connectivity index (χ1v) is 6.28. The summed E-state index contributed by atoms with van der Waals surface area (Å²) in [5, 5.41) is 0.0772. The summed E-state index contributed by atoms with van der Waals surface area (Å²) in [4.78, 5) is 11.7. The minimum absolute atomic E-state index is 0.0229. The monoisotopic (exact) mass is 309 g/mol. The van der Waals surface area contributed by atoms with Crippen molar-refractivity contribution in [1.29, 1.82) is 0 Å². The molecule has 3 rings (SSSR count). The maximum atomic E-state index is 13.2. The summed E-state index contributed by atoms with van der Waals surface area (Å²) in [5.41, 5.74) is -0.408. The number of alkyl halides is 3. The predicted octanol–water partition coefficient (Wildman–Crippen LogP) is 4.36. The van der Waals surface area contributed by atoms with Gasteiger partial charge in [-0.15, -0.1) is 0 Å². The van der Waals surface area contributed by atoms with Crippen molar-refractivity contribution in [2.24, 2.45) is 0 Å². The van der Waals surface area contributed by atoms with Gasteiger partial charge in [0.15, 0.2) is 11.5 Å². The topological polar surface area (TPSA) is 38.7 Å². The Hall–Kier alpha value is -2.21. The maximum absolute atomic E-state index is 13.2. The van der Waals surface area contributed by atoms with Gasteiger partial charge in [-0.25, -0.2) is 9.97 Å². The summed E-state index contributed by atoms with van der Waals surface area (Å²) in [6.45, 7) is 0. The first-order chi connectivity index (χ1) is 9.95. The normalized spacial score (nSPS) is 11.8. The highest BCUT2D eigenvalue weighted by Gasteiger charge is 2.35. The summed E-state index contributed by atoms with van der Waals surface area (Å²) >= 11 is 5.76. The van der Waals surface area contributed by atoms with Crippen molar-refractivity contribution in [3.8, 4) is 11.4 Å². The number of fused-ring (bicyclic) bond motifs is 1. The van der Waals surface area contributed by atoms with Crippen LogP contribution >= 0.6 is 11.6 Å². The third-order valence-electron chi connectivity index (χ3n) is 2.85. The van der Waals surface area contributed by atoms with Gasteiger partial charge in [-0.2, -0.15) is 13.2 Å².